The number of halogens is 1. The standard InChI is InChI=1S/C16H19FN4O/c1-11-3-2-8-20(10-11)16(22)14-9-15(18)21(19-14)13-6-4-12(17)5-7-13/h4-7,9,11H,2-3,8,10,18H2,1H3. The van der Waals surface area contributed by atoms with Gasteiger partial charge in [-0.2, -0.15) is 5.10 Å². The van der Waals surface area contributed by atoms with Crippen LogP contribution in [0.2, 0.25) is 0 Å². The van der Waals surface area contributed by atoms with Crippen molar-refractivity contribution in [3.8, 4) is 5.69 Å². The number of amides is 1. The van der Waals surface area contributed by atoms with E-state index < -0.39 is 0 Å². The minimum absolute atomic E-state index is 0.0980. The Hall–Kier alpha value is -2.37. The highest BCUT2D eigenvalue weighted by atomic mass is 19.1. The minimum Gasteiger partial charge on any atom is -0.384 e. The first-order valence-corrected chi connectivity index (χ1v) is 7.45. The van der Waals surface area contributed by atoms with E-state index in [-0.39, 0.29) is 11.7 Å². The fraction of sp³-hybridized carbons (Fsp3) is 0.375. The number of benzene rings is 1. The lowest BCUT2D eigenvalue weighted by Gasteiger charge is -2.30. The Balaban J connectivity index is 1.85. The van der Waals surface area contributed by atoms with Crippen LogP contribution < -0.4 is 5.73 Å². The number of nitrogens with zero attached hydrogens (tertiary/aromatic N) is 3. The molecule has 1 unspecified atom stereocenters. The zero-order valence-electron chi connectivity index (χ0n) is 12.5. The molecule has 1 aliphatic rings. The van der Waals surface area contributed by atoms with Crippen LogP contribution in [0.5, 0.6) is 0 Å². The van der Waals surface area contributed by atoms with Gasteiger partial charge in [0, 0.05) is 19.2 Å². The quantitative estimate of drug-likeness (QED) is 0.927. The van der Waals surface area contributed by atoms with Gasteiger partial charge < -0.3 is 10.6 Å². The molecule has 1 aliphatic heterocycles. The molecule has 2 aromatic rings. The van der Waals surface area contributed by atoms with Crippen LogP contribution in [-0.4, -0.2) is 33.7 Å². The third-order valence-electron chi connectivity index (χ3n) is 3.97. The summed E-state index contributed by atoms with van der Waals surface area (Å²) in [6.07, 6.45) is 2.16. The summed E-state index contributed by atoms with van der Waals surface area (Å²) in [5, 5.41) is 4.29. The van der Waals surface area contributed by atoms with Gasteiger partial charge in [0.2, 0.25) is 0 Å². The Morgan fingerprint density at radius 2 is 2.09 bits per heavy atom. The van der Waals surface area contributed by atoms with Gasteiger partial charge in [-0.3, -0.25) is 4.79 Å². The fourth-order valence-electron chi connectivity index (χ4n) is 2.83. The van der Waals surface area contributed by atoms with Gasteiger partial charge in [0.1, 0.15) is 11.6 Å². The SMILES string of the molecule is CC1CCCN(C(=O)c2cc(N)n(-c3ccc(F)cc3)n2)C1. The second kappa shape index (κ2) is 5.79. The molecular formula is C16H19FN4O. The third-order valence-corrected chi connectivity index (χ3v) is 3.97. The van der Waals surface area contributed by atoms with Crippen LogP contribution in [-0.2, 0) is 0 Å². The van der Waals surface area contributed by atoms with Crippen LogP contribution in [0.3, 0.4) is 0 Å². The van der Waals surface area contributed by atoms with Gasteiger partial charge in [0.25, 0.3) is 5.91 Å². The summed E-state index contributed by atoms with van der Waals surface area (Å²) >= 11 is 0. The van der Waals surface area contributed by atoms with Gasteiger partial charge >= 0.3 is 0 Å². The number of nitrogen functional groups attached to an aromatic ring is 1. The topological polar surface area (TPSA) is 64.2 Å². The molecule has 1 atom stereocenters. The van der Waals surface area contributed by atoms with Crippen molar-refractivity contribution in [1.29, 1.82) is 0 Å². The normalized spacial score (nSPS) is 18.5. The van der Waals surface area contributed by atoms with Gasteiger partial charge in [-0.1, -0.05) is 6.92 Å². The van der Waals surface area contributed by atoms with Crippen LogP contribution in [0.15, 0.2) is 30.3 Å². The summed E-state index contributed by atoms with van der Waals surface area (Å²) in [4.78, 5) is 14.4. The maximum Gasteiger partial charge on any atom is 0.274 e. The zero-order valence-corrected chi connectivity index (χ0v) is 12.5. The molecule has 0 radical (unpaired) electrons. The van der Waals surface area contributed by atoms with Gasteiger partial charge in [-0.25, -0.2) is 9.07 Å². The maximum absolute atomic E-state index is 13.0. The number of likely N-dealkylation sites (tertiary alicyclic amines) is 1. The van der Waals surface area contributed by atoms with Crippen LogP contribution in [0.1, 0.15) is 30.3 Å². The van der Waals surface area contributed by atoms with Crippen molar-refractivity contribution < 1.29 is 9.18 Å². The van der Waals surface area contributed by atoms with Gasteiger partial charge in [0.05, 0.1) is 5.69 Å². The molecule has 5 nitrogen and oxygen atoms in total. The highest BCUT2D eigenvalue weighted by Crippen LogP contribution is 2.20. The lowest BCUT2D eigenvalue weighted by atomic mass is 10.00. The lowest BCUT2D eigenvalue weighted by molar-refractivity contribution is 0.0676. The highest BCUT2D eigenvalue weighted by molar-refractivity contribution is 5.93. The number of piperidine rings is 1. The number of aromatic nitrogens is 2. The number of carbonyl (C=O) groups excluding carboxylic acids is 1. The second-order valence-electron chi connectivity index (χ2n) is 5.84. The summed E-state index contributed by atoms with van der Waals surface area (Å²) in [5.74, 6) is 0.446. The Bertz CT molecular complexity index is 680. The molecule has 0 saturated carbocycles. The van der Waals surface area contributed by atoms with Crippen molar-refractivity contribution in [2.45, 2.75) is 19.8 Å². The van der Waals surface area contributed by atoms with E-state index in [1.165, 1.54) is 16.8 Å². The van der Waals surface area contributed by atoms with Crippen molar-refractivity contribution in [1.82, 2.24) is 14.7 Å². The van der Waals surface area contributed by atoms with E-state index in [1.54, 1.807) is 18.2 Å². The van der Waals surface area contributed by atoms with E-state index in [9.17, 15) is 9.18 Å². The lowest BCUT2D eigenvalue weighted by Crippen LogP contribution is -2.39. The van der Waals surface area contributed by atoms with Crippen molar-refractivity contribution >= 4 is 11.7 Å². The molecule has 22 heavy (non-hydrogen) atoms. The first-order valence-electron chi connectivity index (χ1n) is 7.45. The van der Waals surface area contributed by atoms with E-state index in [4.69, 9.17) is 5.73 Å². The number of hydrogen-bond acceptors (Lipinski definition) is 3. The number of carbonyl (C=O) groups is 1. The molecule has 1 amide bonds. The summed E-state index contributed by atoms with van der Waals surface area (Å²) in [7, 11) is 0. The third kappa shape index (κ3) is 2.81. The Morgan fingerprint density at radius 3 is 2.77 bits per heavy atom. The molecule has 2 N–H and O–H groups in total. The Morgan fingerprint density at radius 1 is 1.36 bits per heavy atom. The molecule has 0 bridgehead atoms. The van der Waals surface area contributed by atoms with Crippen LogP contribution in [0, 0.1) is 11.7 Å². The first kappa shape index (κ1) is 14.6. The molecule has 116 valence electrons. The van der Waals surface area contributed by atoms with Crippen molar-refractivity contribution in [2.75, 3.05) is 18.8 Å². The van der Waals surface area contributed by atoms with Crippen molar-refractivity contribution in [2.24, 2.45) is 5.92 Å². The number of rotatable bonds is 2. The van der Waals surface area contributed by atoms with E-state index in [2.05, 4.69) is 12.0 Å². The van der Waals surface area contributed by atoms with Crippen molar-refractivity contribution in [3.05, 3.63) is 41.8 Å². The number of nitrogens with two attached hydrogens (primary N) is 1. The van der Waals surface area contributed by atoms with Gasteiger partial charge in [-0.15, -0.1) is 0 Å². The number of anilines is 1. The van der Waals surface area contributed by atoms with E-state index in [0.717, 1.165) is 25.9 Å². The summed E-state index contributed by atoms with van der Waals surface area (Å²) < 4.78 is 14.5. The van der Waals surface area contributed by atoms with E-state index in [1.807, 2.05) is 4.90 Å². The molecular weight excluding hydrogens is 283 g/mol. The van der Waals surface area contributed by atoms with Crippen LogP contribution in [0.4, 0.5) is 10.2 Å². The summed E-state index contributed by atoms with van der Waals surface area (Å²) in [5.41, 5.74) is 6.90. The Labute approximate surface area is 128 Å². The Kier molecular flexibility index (Phi) is 3.83. The fourth-order valence-corrected chi connectivity index (χ4v) is 2.83. The predicted molar refractivity (Wildman–Crippen MR) is 82.2 cm³/mol. The van der Waals surface area contributed by atoms with Crippen LogP contribution in [0.25, 0.3) is 5.69 Å². The molecule has 3 rings (SSSR count). The monoisotopic (exact) mass is 302 g/mol. The average molecular weight is 302 g/mol. The molecule has 1 fully saturated rings. The molecule has 1 saturated heterocycles. The molecule has 2 heterocycles. The molecule has 0 aliphatic carbocycles. The summed E-state index contributed by atoms with van der Waals surface area (Å²) in [6, 6.07) is 7.41. The van der Waals surface area contributed by atoms with Crippen LogP contribution >= 0.6 is 0 Å². The van der Waals surface area contributed by atoms with Gasteiger partial charge in [0.15, 0.2) is 5.69 Å². The minimum atomic E-state index is -0.326. The van der Waals surface area contributed by atoms with Crippen molar-refractivity contribution in [3.63, 3.8) is 0 Å². The molecule has 1 aromatic heterocycles. The number of hydrogen-bond donors (Lipinski definition) is 1. The molecule has 0 spiro atoms. The molecule has 1 aromatic carbocycles. The molecule has 6 heteroatoms. The largest absolute Gasteiger partial charge is 0.384 e. The maximum atomic E-state index is 13.0. The smallest absolute Gasteiger partial charge is 0.274 e. The summed E-state index contributed by atoms with van der Waals surface area (Å²) in [6.45, 7) is 3.65. The second-order valence-corrected chi connectivity index (χ2v) is 5.84. The zero-order chi connectivity index (χ0) is 15.7. The van der Waals surface area contributed by atoms with E-state index >= 15 is 0 Å². The predicted octanol–water partition coefficient (Wildman–Crippen LogP) is 2.47. The van der Waals surface area contributed by atoms with E-state index in [0.29, 0.717) is 23.1 Å². The average Bonchev–Trinajstić information content (AvgIpc) is 2.89. The first-order chi connectivity index (χ1) is 10.5. The highest BCUT2D eigenvalue weighted by Gasteiger charge is 2.24. The van der Waals surface area contributed by atoms with Gasteiger partial charge in [-0.05, 0) is 43.0 Å².